The average Bonchev–Trinajstić information content (AvgIpc) is 2.84. The van der Waals surface area contributed by atoms with Crippen molar-refractivity contribution in [3.05, 3.63) is 51.5 Å². The second-order valence-corrected chi connectivity index (χ2v) is 6.13. The highest BCUT2D eigenvalue weighted by Gasteiger charge is 2.17. The lowest BCUT2D eigenvalue weighted by Crippen LogP contribution is -2.31. The van der Waals surface area contributed by atoms with E-state index in [2.05, 4.69) is 10.3 Å². The maximum Gasteiger partial charge on any atom is 0.350 e. The highest BCUT2D eigenvalue weighted by molar-refractivity contribution is 7.13. The van der Waals surface area contributed by atoms with Crippen LogP contribution in [0.2, 0.25) is 0 Å². The van der Waals surface area contributed by atoms with Gasteiger partial charge in [-0.1, -0.05) is 30.3 Å². The third kappa shape index (κ3) is 4.14. The summed E-state index contributed by atoms with van der Waals surface area (Å²) in [5.74, 6) is -0.839. The molecule has 0 spiro atoms. The highest BCUT2D eigenvalue weighted by Crippen LogP contribution is 2.18. The number of esters is 1. The molecule has 0 fully saturated rings. The Morgan fingerprint density at radius 2 is 1.95 bits per heavy atom. The van der Waals surface area contributed by atoms with Crippen LogP contribution in [-0.2, 0) is 9.53 Å². The maximum absolute atomic E-state index is 11.9. The molecule has 116 valence electrons. The lowest BCUT2D eigenvalue weighted by molar-refractivity contribution is -0.124. The van der Waals surface area contributed by atoms with Crippen LogP contribution in [-0.4, -0.2) is 23.5 Å². The van der Waals surface area contributed by atoms with Crippen LogP contribution in [0.5, 0.6) is 0 Å². The first kappa shape index (κ1) is 16.2. The van der Waals surface area contributed by atoms with Crippen molar-refractivity contribution in [3.8, 4) is 0 Å². The van der Waals surface area contributed by atoms with E-state index in [0.29, 0.717) is 10.6 Å². The van der Waals surface area contributed by atoms with E-state index in [-0.39, 0.29) is 18.6 Å². The minimum Gasteiger partial charge on any atom is -0.451 e. The zero-order chi connectivity index (χ0) is 16.1. The fourth-order valence-electron chi connectivity index (χ4n) is 2.03. The van der Waals surface area contributed by atoms with Crippen molar-refractivity contribution in [1.82, 2.24) is 10.3 Å². The number of rotatable bonds is 5. The van der Waals surface area contributed by atoms with E-state index in [0.717, 1.165) is 10.6 Å². The first-order valence-corrected chi connectivity index (χ1v) is 7.74. The smallest absolute Gasteiger partial charge is 0.350 e. The van der Waals surface area contributed by atoms with Crippen molar-refractivity contribution in [2.75, 3.05) is 6.61 Å². The minimum atomic E-state index is -0.509. The van der Waals surface area contributed by atoms with E-state index in [1.54, 1.807) is 6.92 Å². The Kier molecular flexibility index (Phi) is 5.27. The standard InChI is InChI=1S/C16H18N2O3S/c1-10(13-7-5-4-6-8-13)18-14(19)9-21-16(20)15-11(2)17-12(3)22-15/h4-8,10H,9H2,1-3H3,(H,18,19)/t10-/m0/s1. The van der Waals surface area contributed by atoms with Crippen LogP contribution in [0, 0.1) is 13.8 Å². The number of hydrogen-bond donors (Lipinski definition) is 1. The van der Waals surface area contributed by atoms with Crippen molar-refractivity contribution >= 4 is 23.2 Å². The van der Waals surface area contributed by atoms with E-state index >= 15 is 0 Å². The molecule has 22 heavy (non-hydrogen) atoms. The number of aryl methyl sites for hydroxylation is 2. The van der Waals surface area contributed by atoms with Gasteiger partial charge in [0.2, 0.25) is 0 Å². The Hall–Kier alpha value is -2.21. The number of thiazole rings is 1. The number of carbonyl (C=O) groups excluding carboxylic acids is 2. The lowest BCUT2D eigenvalue weighted by Gasteiger charge is -2.14. The van der Waals surface area contributed by atoms with E-state index in [1.807, 2.05) is 44.2 Å². The van der Waals surface area contributed by atoms with E-state index < -0.39 is 5.97 Å². The van der Waals surface area contributed by atoms with Crippen LogP contribution in [0.1, 0.15) is 38.9 Å². The molecular weight excluding hydrogens is 300 g/mol. The molecule has 2 aromatic rings. The molecule has 2 rings (SSSR count). The molecule has 1 atom stereocenters. The summed E-state index contributed by atoms with van der Waals surface area (Å²) in [4.78, 5) is 28.4. The first-order chi connectivity index (χ1) is 10.5. The number of aromatic nitrogens is 1. The van der Waals surface area contributed by atoms with Gasteiger partial charge in [0.05, 0.1) is 16.7 Å². The van der Waals surface area contributed by atoms with Gasteiger partial charge in [-0.25, -0.2) is 9.78 Å². The summed E-state index contributed by atoms with van der Waals surface area (Å²) in [6, 6.07) is 9.46. The zero-order valence-electron chi connectivity index (χ0n) is 12.8. The molecule has 0 aliphatic carbocycles. The Balaban J connectivity index is 1.85. The second kappa shape index (κ2) is 7.17. The highest BCUT2D eigenvalue weighted by atomic mass is 32.1. The molecule has 0 saturated heterocycles. The van der Waals surface area contributed by atoms with Gasteiger partial charge in [-0.3, -0.25) is 4.79 Å². The first-order valence-electron chi connectivity index (χ1n) is 6.93. The van der Waals surface area contributed by atoms with Gasteiger partial charge in [-0.2, -0.15) is 0 Å². The molecule has 1 N–H and O–H groups in total. The normalized spacial score (nSPS) is 11.8. The number of benzene rings is 1. The van der Waals surface area contributed by atoms with Crippen LogP contribution < -0.4 is 5.32 Å². The Bertz CT molecular complexity index is 667. The van der Waals surface area contributed by atoms with Crippen molar-refractivity contribution in [2.45, 2.75) is 26.8 Å². The van der Waals surface area contributed by atoms with E-state index in [9.17, 15) is 9.59 Å². The second-order valence-electron chi connectivity index (χ2n) is 4.92. The van der Waals surface area contributed by atoms with E-state index in [4.69, 9.17) is 4.74 Å². The number of nitrogens with one attached hydrogen (secondary N) is 1. The fraction of sp³-hybridized carbons (Fsp3) is 0.312. The molecule has 5 nitrogen and oxygen atoms in total. The SMILES string of the molecule is Cc1nc(C)c(C(=O)OCC(=O)N[C@@H](C)c2ccccc2)s1. The topological polar surface area (TPSA) is 68.3 Å². The summed E-state index contributed by atoms with van der Waals surface area (Å²) < 4.78 is 5.04. The van der Waals surface area contributed by atoms with Crippen molar-refractivity contribution in [3.63, 3.8) is 0 Å². The number of ether oxygens (including phenoxy) is 1. The minimum absolute atomic E-state index is 0.139. The summed E-state index contributed by atoms with van der Waals surface area (Å²) in [6.07, 6.45) is 0. The van der Waals surface area contributed by atoms with Crippen LogP contribution in [0.15, 0.2) is 30.3 Å². The molecule has 6 heteroatoms. The molecule has 1 aromatic carbocycles. The van der Waals surface area contributed by atoms with Crippen LogP contribution in [0.4, 0.5) is 0 Å². The van der Waals surface area contributed by atoms with Gasteiger partial charge in [0.1, 0.15) is 4.88 Å². The molecule has 1 aromatic heterocycles. The van der Waals surface area contributed by atoms with Crippen LogP contribution in [0.25, 0.3) is 0 Å². The monoisotopic (exact) mass is 318 g/mol. The Labute approximate surface area is 133 Å². The quantitative estimate of drug-likeness (QED) is 0.861. The van der Waals surface area contributed by atoms with Crippen LogP contribution in [0.3, 0.4) is 0 Å². The summed E-state index contributed by atoms with van der Waals surface area (Å²) in [7, 11) is 0. The molecule has 0 saturated carbocycles. The molecule has 0 unspecified atom stereocenters. The van der Waals surface area contributed by atoms with Gasteiger partial charge in [0.15, 0.2) is 6.61 Å². The Morgan fingerprint density at radius 3 is 2.55 bits per heavy atom. The van der Waals surface area contributed by atoms with E-state index in [1.165, 1.54) is 11.3 Å². The molecule has 0 aliphatic rings. The molecule has 1 amide bonds. The average molecular weight is 318 g/mol. The van der Waals surface area contributed by atoms with Gasteiger partial charge in [0, 0.05) is 0 Å². The number of nitrogens with zero attached hydrogens (tertiary/aromatic N) is 1. The van der Waals surface area contributed by atoms with Gasteiger partial charge in [-0.15, -0.1) is 11.3 Å². The Morgan fingerprint density at radius 1 is 1.27 bits per heavy atom. The maximum atomic E-state index is 11.9. The molecule has 0 aliphatic heterocycles. The molecular formula is C16H18N2O3S. The lowest BCUT2D eigenvalue weighted by atomic mass is 10.1. The van der Waals surface area contributed by atoms with Crippen molar-refractivity contribution in [2.24, 2.45) is 0 Å². The third-order valence-corrected chi connectivity index (χ3v) is 4.15. The van der Waals surface area contributed by atoms with Gasteiger partial charge < -0.3 is 10.1 Å². The fourth-order valence-corrected chi connectivity index (χ4v) is 2.84. The zero-order valence-corrected chi connectivity index (χ0v) is 13.6. The molecule has 1 heterocycles. The molecule has 0 bridgehead atoms. The summed E-state index contributed by atoms with van der Waals surface area (Å²) in [5.41, 5.74) is 1.63. The van der Waals surface area contributed by atoms with Gasteiger partial charge in [-0.05, 0) is 26.3 Å². The van der Waals surface area contributed by atoms with Crippen molar-refractivity contribution in [1.29, 1.82) is 0 Å². The summed E-state index contributed by atoms with van der Waals surface area (Å²) in [6.45, 7) is 5.15. The molecule has 0 radical (unpaired) electrons. The summed E-state index contributed by atoms with van der Waals surface area (Å²) in [5, 5.41) is 3.59. The largest absolute Gasteiger partial charge is 0.451 e. The number of carbonyl (C=O) groups is 2. The van der Waals surface area contributed by atoms with Gasteiger partial charge in [0.25, 0.3) is 5.91 Å². The van der Waals surface area contributed by atoms with Gasteiger partial charge >= 0.3 is 5.97 Å². The predicted octanol–water partition coefficient (Wildman–Crippen LogP) is 2.79. The predicted molar refractivity (Wildman–Crippen MR) is 84.9 cm³/mol. The number of hydrogen-bond acceptors (Lipinski definition) is 5. The number of amides is 1. The van der Waals surface area contributed by atoms with Crippen molar-refractivity contribution < 1.29 is 14.3 Å². The summed E-state index contributed by atoms with van der Waals surface area (Å²) >= 11 is 1.27. The third-order valence-electron chi connectivity index (χ3n) is 3.10. The van der Waals surface area contributed by atoms with Crippen LogP contribution >= 0.6 is 11.3 Å².